The summed E-state index contributed by atoms with van der Waals surface area (Å²) in [6.45, 7) is 0.0297. The molecule has 1 aliphatic rings. The van der Waals surface area contributed by atoms with Crippen molar-refractivity contribution in [3.05, 3.63) is 35.9 Å². The number of methoxy groups -OCH3 is 1. The van der Waals surface area contributed by atoms with Crippen LogP contribution in [0.15, 0.2) is 30.3 Å². The Hall–Kier alpha value is -2.41. The lowest BCUT2D eigenvalue weighted by molar-refractivity contribution is -0.184. The number of hydrazine groups is 1. The number of carbonyl (C=O) groups is 3. The van der Waals surface area contributed by atoms with Crippen molar-refractivity contribution in [2.45, 2.75) is 12.6 Å². The van der Waals surface area contributed by atoms with E-state index in [1.165, 1.54) is 0 Å². The Morgan fingerprint density at radius 3 is 2.50 bits per heavy atom. The molecule has 0 bridgehead atoms. The summed E-state index contributed by atoms with van der Waals surface area (Å²) in [4.78, 5) is 34.8. The molecule has 106 valence electrons. The average Bonchev–Trinajstić information content (AvgIpc) is 2.49. The lowest BCUT2D eigenvalue weighted by Gasteiger charge is -2.39. The second kappa shape index (κ2) is 5.70. The number of amides is 1. The molecule has 1 aromatic carbocycles. The van der Waals surface area contributed by atoms with E-state index in [1.54, 1.807) is 24.3 Å². The molecule has 7 heteroatoms. The Morgan fingerprint density at radius 2 is 1.90 bits per heavy atom. The van der Waals surface area contributed by atoms with Crippen molar-refractivity contribution < 1.29 is 23.9 Å². The molecule has 0 radical (unpaired) electrons. The third-order valence-corrected chi connectivity index (χ3v) is 3.06. The third kappa shape index (κ3) is 2.48. The standard InChI is InChI=1S/C13H14N2O5/c1-19-13(18)10-9(11(16)15(10)14)12(17)20-7-8-5-3-2-4-6-8/h2-6,9-10H,7,14H2,1H3/t9-,10-/m0/s1. The van der Waals surface area contributed by atoms with E-state index >= 15 is 0 Å². The minimum atomic E-state index is -1.23. The van der Waals surface area contributed by atoms with Crippen molar-refractivity contribution in [2.24, 2.45) is 11.8 Å². The predicted molar refractivity (Wildman–Crippen MR) is 66.6 cm³/mol. The van der Waals surface area contributed by atoms with Crippen LogP contribution in [-0.4, -0.2) is 36.0 Å². The largest absolute Gasteiger partial charge is 0.467 e. The molecule has 1 aromatic rings. The van der Waals surface area contributed by atoms with E-state index < -0.39 is 29.8 Å². The fraction of sp³-hybridized carbons (Fsp3) is 0.308. The van der Waals surface area contributed by atoms with Crippen molar-refractivity contribution in [1.29, 1.82) is 0 Å². The van der Waals surface area contributed by atoms with Gasteiger partial charge < -0.3 is 9.47 Å². The Bertz CT molecular complexity index is 531. The molecule has 0 aliphatic carbocycles. The zero-order valence-corrected chi connectivity index (χ0v) is 10.8. The highest BCUT2D eigenvalue weighted by Gasteiger charge is 2.56. The summed E-state index contributed by atoms with van der Waals surface area (Å²) in [7, 11) is 1.16. The number of esters is 2. The van der Waals surface area contributed by atoms with Gasteiger partial charge in [0.1, 0.15) is 6.61 Å². The number of rotatable bonds is 4. The van der Waals surface area contributed by atoms with Gasteiger partial charge in [-0.05, 0) is 5.56 Å². The van der Waals surface area contributed by atoms with E-state index in [4.69, 9.17) is 10.6 Å². The van der Waals surface area contributed by atoms with Crippen molar-refractivity contribution in [3.8, 4) is 0 Å². The Labute approximate surface area is 115 Å². The van der Waals surface area contributed by atoms with E-state index in [0.717, 1.165) is 12.7 Å². The summed E-state index contributed by atoms with van der Waals surface area (Å²) < 4.78 is 9.52. The smallest absolute Gasteiger partial charge is 0.331 e. The molecule has 0 spiro atoms. The molecule has 1 amide bonds. The van der Waals surface area contributed by atoms with Gasteiger partial charge in [-0.25, -0.2) is 10.6 Å². The molecule has 20 heavy (non-hydrogen) atoms. The van der Waals surface area contributed by atoms with Crippen LogP contribution >= 0.6 is 0 Å². The molecule has 1 saturated heterocycles. The molecule has 2 rings (SSSR count). The van der Waals surface area contributed by atoms with Gasteiger partial charge in [-0.1, -0.05) is 30.3 Å². The molecule has 7 nitrogen and oxygen atoms in total. The average molecular weight is 278 g/mol. The van der Waals surface area contributed by atoms with Crippen LogP contribution in [0.25, 0.3) is 0 Å². The van der Waals surface area contributed by atoms with Crippen molar-refractivity contribution in [2.75, 3.05) is 7.11 Å². The Morgan fingerprint density at radius 1 is 1.25 bits per heavy atom. The van der Waals surface area contributed by atoms with Gasteiger partial charge in [0.15, 0.2) is 12.0 Å². The maximum absolute atomic E-state index is 11.9. The van der Waals surface area contributed by atoms with E-state index in [-0.39, 0.29) is 6.61 Å². The quantitative estimate of drug-likeness (QED) is 0.264. The molecule has 1 fully saturated rings. The molecular weight excluding hydrogens is 264 g/mol. The number of nitrogens with zero attached hydrogens (tertiary/aromatic N) is 1. The first-order valence-electron chi connectivity index (χ1n) is 5.92. The predicted octanol–water partition coefficient (Wildman–Crippen LogP) is -0.397. The summed E-state index contributed by atoms with van der Waals surface area (Å²) in [6.07, 6.45) is 0. The minimum absolute atomic E-state index is 0.0297. The summed E-state index contributed by atoms with van der Waals surface area (Å²) in [5.41, 5.74) is 0.784. The highest BCUT2D eigenvalue weighted by atomic mass is 16.5. The van der Waals surface area contributed by atoms with Crippen LogP contribution in [-0.2, 0) is 30.5 Å². The molecule has 0 saturated carbocycles. The van der Waals surface area contributed by atoms with Crippen molar-refractivity contribution in [1.82, 2.24) is 5.01 Å². The summed E-state index contributed by atoms with van der Waals surface area (Å²) >= 11 is 0. The van der Waals surface area contributed by atoms with Crippen LogP contribution in [0, 0.1) is 5.92 Å². The van der Waals surface area contributed by atoms with E-state index in [0.29, 0.717) is 5.01 Å². The number of nitrogens with two attached hydrogens (primary N) is 1. The van der Waals surface area contributed by atoms with Gasteiger partial charge in [0.2, 0.25) is 0 Å². The second-order valence-corrected chi connectivity index (χ2v) is 4.28. The van der Waals surface area contributed by atoms with Gasteiger partial charge in [0, 0.05) is 0 Å². The summed E-state index contributed by atoms with van der Waals surface area (Å²) in [5, 5.41) is 0.681. The molecule has 2 atom stereocenters. The maximum Gasteiger partial charge on any atom is 0.331 e. The number of carbonyl (C=O) groups excluding carboxylic acids is 3. The topological polar surface area (TPSA) is 98.9 Å². The van der Waals surface area contributed by atoms with Crippen LogP contribution in [0.4, 0.5) is 0 Å². The fourth-order valence-corrected chi connectivity index (χ4v) is 1.93. The van der Waals surface area contributed by atoms with Gasteiger partial charge in [-0.3, -0.25) is 14.6 Å². The number of ether oxygens (including phenoxy) is 2. The summed E-state index contributed by atoms with van der Waals surface area (Å²) in [5.74, 6) is 1.95. The maximum atomic E-state index is 11.9. The zero-order chi connectivity index (χ0) is 14.7. The molecule has 2 N–H and O–H groups in total. The first-order chi connectivity index (χ1) is 9.56. The van der Waals surface area contributed by atoms with Gasteiger partial charge in [0.05, 0.1) is 7.11 Å². The normalized spacial score (nSPS) is 21.1. The number of hydrogen-bond acceptors (Lipinski definition) is 6. The Kier molecular flexibility index (Phi) is 3.99. The Balaban J connectivity index is 1.98. The molecule has 1 aliphatic heterocycles. The van der Waals surface area contributed by atoms with Crippen molar-refractivity contribution >= 4 is 17.8 Å². The van der Waals surface area contributed by atoms with Crippen molar-refractivity contribution in [3.63, 3.8) is 0 Å². The highest BCUT2D eigenvalue weighted by molar-refractivity contribution is 6.09. The van der Waals surface area contributed by atoms with Crippen LogP contribution in [0.1, 0.15) is 5.56 Å². The lowest BCUT2D eigenvalue weighted by atomic mass is 9.89. The fourth-order valence-electron chi connectivity index (χ4n) is 1.93. The highest BCUT2D eigenvalue weighted by Crippen LogP contribution is 2.26. The van der Waals surface area contributed by atoms with E-state index in [9.17, 15) is 14.4 Å². The number of β-lactam (4-membered cyclic amide) rings is 1. The van der Waals surface area contributed by atoms with Crippen LogP contribution < -0.4 is 5.84 Å². The van der Waals surface area contributed by atoms with Gasteiger partial charge >= 0.3 is 11.9 Å². The molecule has 0 aromatic heterocycles. The zero-order valence-electron chi connectivity index (χ0n) is 10.8. The number of benzene rings is 1. The van der Waals surface area contributed by atoms with Crippen LogP contribution in [0.2, 0.25) is 0 Å². The number of hydrogen-bond donors (Lipinski definition) is 1. The SMILES string of the molecule is COC(=O)[C@@H]1[C@H](C(=O)OCc2ccccc2)C(=O)N1N. The molecule has 1 heterocycles. The van der Waals surface area contributed by atoms with E-state index in [1.807, 2.05) is 6.07 Å². The summed E-state index contributed by atoms with van der Waals surface area (Å²) in [6, 6.07) is 7.88. The monoisotopic (exact) mass is 278 g/mol. The van der Waals surface area contributed by atoms with Crippen LogP contribution in [0.5, 0.6) is 0 Å². The first-order valence-corrected chi connectivity index (χ1v) is 5.92. The van der Waals surface area contributed by atoms with E-state index in [2.05, 4.69) is 4.74 Å². The molecule has 0 unspecified atom stereocenters. The van der Waals surface area contributed by atoms with Gasteiger partial charge in [-0.2, -0.15) is 0 Å². The van der Waals surface area contributed by atoms with Gasteiger partial charge in [0.25, 0.3) is 5.91 Å². The van der Waals surface area contributed by atoms with Gasteiger partial charge in [-0.15, -0.1) is 0 Å². The molecular formula is C13H14N2O5. The minimum Gasteiger partial charge on any atom is -0.467 e. The second-order valence-electron chi connectivity index (χ2n) is 4.28. The first kappa shape index (κ1) is 14.0. The third-order valence-electron chi connectivity index (χ3n) is 3.06. The van der Waals surface area contributed by atoms with Crippen LogP contribution in [0.3, 0.4) is 0 Å². The lowest BCUT2D eigenvalue weighted by Crippen LogP contribution is -2.69.